The molecule has 0 spiro atoms. The molecule has 0 radical (unpaired) electrons. The summed E-state index contributed by atoms with van der Waals surface area (Å²) in [6, 6.07) is 5.40. The molecule has 3 rings (SSSR count). The smallest absolute Gasteiger partial charge is 0.231 e. The fourth-order valence-corrected chi connectivity index (χ4v) is 5.42. The van der Waals surface area contributed by atoms with Gasteiger partial charge in [-0.3, -0.25) is 4.79 Å². The van der Waals surface area contributed by atoms with Gasteiger partial charge in [0.15, 0.2) is 21.3 Å². The fourth-order valence-electron chi connectivity index (χ4n) is 3.28. The van der Waals surface area contributed by atoms with Gasteiger partial charge in [-0.1, -0.05) is 12.1 Å². The SMILES string of the molecule is C=CCN(C(=O)Cc1ccc2c(c1)OCO2)C1(C)CCS(=O)(=O)C1. The molecule has 0 saturated carbocycles. The Bertz CT molecular complexity index is 773. The Hall–Kier alpha value is -2.02. The number of hydrogen-bond acceptors (Lipinski definition) is 5. The van der Waals surface area contributed by atoms with Crippen LogP contribution in [0.25, 0.3) is 0 Å². The van der Waals surface area contributed by atoms with Crippen molar-refractivity contribution in [2.75, 3.05) is 24.8 Å². The molecule has 0 bridgehead atoms. The lowest BCUT2D eigenvalue weighted by Crippen LogP contribution is -2.51. The summed E-state index contributed by atoms with van der Waals surface area (Å²) >= 11 is 0. The second-order valence-corrected chi connectivity index (χ2v) is 8.68. The van der Waals surface area contributed by atoms with Crippen LogP contribution in [0.5, 0.6) is 11.5 Å². The van der Waals surface area contributed by atoms with Gasteiger partial charge in [-0.05, 0) is 31.0 Å². The molecule has 1 saturated heterocycles. The fraction of sp³-hybridized carbons (Fsp3) is 0.471. The van der Waals surface area contributed by atoms with Gasteiger partial charge in [0, 0.05) is 6.54 Å². The maximum Gasteiger partial charge on any atom is 0.231 e. The predicted octanol–water partition coefficient (Wildman–Crippen LogP) is 1.55. The summed E-state index contributed by atoms with van der Waals surface area (Å²) < 4.78 is 34.3. The first-order valence-corrected chi connectivity index (χ1v) is 9.65. The first-order valence-electron chi connectivity index (χ1n) is 7.83. The number of carbonyl (C=O) groups is 1. The highest BCUT2D eigenvalue weighted by atomic mass is 32.2. The second kappa shape index (κ2) is 6.12. The summed E-state index contributed by atoms with van der Waals surface area (Å²) in [4.78, 5) is 14.5. The molecule has 1 amide bonds. The van der Waals surface area contributed by atoms with Gasteiger partial charge in [0.2, 0.25) is 12.7 Å². The Morgan fingerprint density at radius 1 is 1.38 bits per heavy atom. The standard InChI is InChI=1S/C17H21NO5S/c1-3-7-18(17(2)6-8-24(20,21)11-17)16(19)10-13-4-5-14-15(9-13)23-12-22-14/h3-5,9H,1,6-8,10-12H2,2H3. The van der Waals surface area contributed by atoms with Crippen molar-refractivity contribution in [1.82, 2.24) is 4.90 Å². The average Bonchev–Trinajstić information content (AvgIpc) is 3.08. The minimum atomic E-state index is -3.10. The van der Waals surface area contributed by atoms with Gasteiger partial charge < -0.3 is 14.4 Å². The van der Waals surface area contributed by atoms with E-state index in [0.29, 0.717) is 24.5 Å². The van der Waals surface area contributed by atoms with Gasteiger partial charge in [-0.15, -0.1) is 6.58 Å². The molecule has 130 valence electrons. The molecule has 0 aliphatic carbocycles. The highest BCUT2D eigenvalue weighted by Crippen LogP contribution is 2.34. The molecule has 1 aromatic carbocycles. The van der Waals surface area contributed by atoms with Crippen molar-refractivity contribution >= 4 is 15.7 Å². The molecular formula is C17H21NO5S. The maximum absolute atomic E-state index is 12.8. The van der Waals surface area contributed by atoms with Crippen LogP contribution in [0.15, 0.2) is 30.9 Å². The van der Waals surface area contributed by atoms with E-state index < -0.39 is 15.4 Å². The van der Waals surface area contributed by atoms with Crippen LogP contribution in [0, 0.1) is 0 Å². The molecule has 0 N–H and O–H groups in total. The van der Waals surface area contributed by atoms with Crippen LogP contribution >= 0.6 is 0 Å². The van der Waals surface area contributed by atoms with Gasteiger partial charge in [-0.25, -0.2) is 8.42 Å². The molecule has 1 fully saturated rings. The van der Waals surface area contributed by atoms with Crippen LogP contribution in [-0.2, 0) is 21.1 Å². The molecule has 1 atom stereocenters. The Labute approximate surface area is 142 Å². The Morgan fingerprint density at radius 3 is 2.79 bits per heavy atom. The highest BCUT2D eigenvalue weighted by molar-refractivity contribution is 7.91. The Morgan fingerprint density at radius 2 is 2.12 bits per heavy atom. The average molecular weight is 351 g/mol. The number of nitrogens with zero attached hydrogens (tertiary/aromatic N) is 1. The van der Waals surface area contributed by atoms with Crippen molar-refractivity contribution in [3.8, 4) is 11.5 Å². The van der Waals surface area contributed by atoms with Crippen molar-refractivity contribution in [3.05, 3.63) is 36.4 Å². The lowest BCUT2D eigenvalue weighted by atomic mass is 9.97. The van der Waals surface area contributed by atoms with Crippen molar-refractivity contribution in [2.45, 2.75) is 25.3 Å². The van der Waals surface area contributed by atoms with E-state index in [1.807, 2.05) is 13.0 Å². The van der Waals surface area contributed by atoms with Crippen LogP contribution < -0.4 is 9.47 Å². The van der Waals surface area contributed by atoms with E-state index in [2.05, 4.69) is 6.58 Å². The van der Waals surface area contributed by atoms with Crippen molar-refractivity contribution in [2.24, 2.45) is 0 Å². The molecule has 0 aromatic heterocycles. The number of fused-ring (bicyclic) bond motifs is 1. The topological polar surface area (TPSA) is 72.9 Å². The second-order valence-electron chi connectivity index (χ2n) is 6.50. The Balaban J connectivity index is 1.79. The zero-order chi connectivity index (χ0) is 17.4. The largest absolute Gasteiger partial charge is 0.454 e. The van der Waals surface area contributed by atoms with E-state index in [1.54, 1.807) is 23.1 Å². The molecule has 2 heterocycles. The minimum Gasteiger partial charge on any atom is -0.454 e. The number of rotatable bonds is 5. The van der Waals surface area contributed by atoms with Crippen molar-refractivity contribution in [3.63, 3.8) is 0 Å². The molecule has 2 aliphatic rings. The predicted molar refractivity (Wildman–Crippen MR) is 89.9 cm³/mol. The molecule has 2 aliphatic heterocycles. The third kappa shape index (κ3) is 3.26. The minimum absolute atomic E-state index is 0.000713. The third-order valence-electron chi connectivity index (χ3n) is 4.54. The number of sulfone groups is 1. The summed E-state index contributed by atoms with van der Waals surface area (Å²) in [6.45, 7) is 6.04. The lowest BCUT2D eigenvalue weighted by Gasteiger charge is -2.37. The molecule has 7 heteroatoms. The number of carbonyl (C=O) groups excluding carboxylic acids is 1. The summed E-state index contributed by atoms with van der Waals surface area (Å²) in [7, 11) is -3.10. The van der Waals surface area contributed by atoms with E-state index in [-0.39, 0.29) is 30.6 Å². The summed E-state index contributed by atoms with van der Waals surface area (Å²) in [6.07, 6.45) is 2.27. The van der Waals surface area contributed by atoms with Gasteiger partial charge in [-0.2, -0.15) is 0 Å². The van der Waals surface area contributed by atoms with Gasteiger partial charge >= 0.3 is 0 Å². The van der Waals surface area contributed by atoms with Crippen LogP contribution in [0.4, 0.5) is 0 Å². The highest BCUT2D eigenvalue weighted by Gasteiger charge is 2.44. The molecule has 1 aromatic rings. The van der Waals surface area contributed by atoms with Crippen LogP contribution in [0.2, 0.25) is 0 Å². The van der Waals surface area contributed by atoms with E-state index in [9.17, 15) is 13.2 Å². The van der Waals surface area contributed by atoms with Crippen molar-refractivity contribution < 1.29 is 22.7 Å². The van der Waals surface area contributed by atoms with Crippen LogP contribution in [0.1, 0.15) is 18.9 Å². The van der Waals surface area contributed by atoms with Crippen LogP contribution in [-0.4, -0.2) is 49.6 Å². The molecule has 24 heavy (non-hydrogen) atoms. The zero-order valence-corrected chi connectivity index (χ0v) is 14.5. The number of benzene rings is 1. The summed E-state index contributed by atoms with van der Waals surface area (Å²) in [5.74, 6) is 1.30. The first kappa shape index (κ1) is 16.8. The Kier molecular flexibility index (Phi) is 4.29. The third-order valence-corrected chi connectivity index (χ3v) is 6.43. The number of hydrogen-bond donors (Lipinski definition) is 0. The van der Waals surface area contributed by atoms with Gasteiger partial charge in [0.1, 0.15) is 0 Å². The van der Waals surface area contributed by atoms with E-state index >= 15 is 0 Å². The van der Waals surface area contributed by atoms with Crippen molar-refractivity contribution in [1.29, 1.82) is 0 Å². The quantitative estimate of drug-likeness (QED) is 0.753. The molecular weight excluding hydrogens is 330 g/mol. The molecule has 1 unspecified atom stereocenters. The first-order chi connectivity index (χ1) is 11.3. The van der Waals surface area contributed by atoms with Gasteiger partial charge in [0.25, 0.3) is 0 Å². The lowest BCUT2D eigenvalue weighted by molar-refractivity contribution is -0.134. The number of amides is 1. The van der Waals surface area contributed by atoms with Gasteiger partial charge in [0.05, 0.1) is 23.5 Å². The van der Waals surface area contributed by atoms with E-state index in [4.69, 9.17) is 9.47 Å². The molecule has 6 nitrogen and oxygen atoms in total. The maximum atomic E-state index is 12.8. The van der Waals surface area contributed by atoms with E-state index in [1.165, 1.54) is 0 Å². The summed E-state index contributed by atoms with van der Waals surface area (Å²) in [5.41, 5.74) is 0.128. The monoisotopic (exact) mass is 351 g/mol. The summed E-state index contributed by atoms with van der Waals surface area (Å²) in [5, 5.41) is 0. The van der Waals surface area contributed by atoms with Crippen LogP contribution in [0.3, 0.4) is 0 Å². The normalized spacial score (nSPS) is 23.9. The van der Waals surface area contributed by atoms with E-state index in [0.717, 1.165) is 5.56 Å². The zero-order valence-electron chi connectivity index (χ0n) is 13.7. The number of ether oxygens (including phenoxy) is 2.